The van der Waals surface area contributed by atoms with Crippen LogP contribution in [0.25, 0.3) is 11.0 Å². The summed E-state index contributed by atoms with van der Waals surface area (Å²) in [5, 5.41) is 0. The van der Waals surface area contributed by atoms with Crippen LogP contribution in [0.4, 0.5) is 5.69 Å². The zero-order valence-corrected chi connectivity index (χ0v) is 11.5. The molecule has 0 atom stereocenters. The van der Waals surface area contributed by atoms with E-state index in [1.165, 1.54) is 37.8 Å². The van der Waals surface area contributed by atoms with E-state index < -0.39 is 0 Å². The van der Waals surface area contributed by atoms with Gasteiger partial charge in [0, 0.05) is 18.8 Å². The van der Waals surface area contributed by atoms with Gasteiger partial charge in [0.15, 0.2) is 0 Å². The van der Waals surface area contributed by atoms with Crippen molar-refractivity contribution in [2.24, 2.45) is 5.73 Å². The third kappa shape index (κ3) is 2.45. The number of rotatable bonds is 3. The Morgan fingerprint density at radius 1 is 1.32 bits per heavy atom. The number of imidazole rings is 1. The molecule has 1 aliphatic carbocycles. The molecule has 1 aromatic carbocycles. The second-order valence-corrected chi connectivity index (χ2v) is 5.49. The first-order valence-corrected chi connectivity index (χ1v) is 7.19. The van der Waals surface area contributed by atoms with Gasteiger partial charge in [0.2, 0.25) is 0 Å². The summed E-state index contributed by atoms with van der Waals surface area (Å²) in [4.78, 5) is 10.1. The van der Waals surface area contributed by atoms with Crippen LogP contribution in [0.2, 0.25) is 0 Å². The summed E-state index contributed by atoms with van der Waals surface area (Å²) in [6.07, 6.45) is 6.73. The molecule has 0 spiro atoms. The fraction of sp³-hybridized carbons (Fsp3) is 0.533. The SMILES string of the molecule is CN(c1ccc2nc(CN)[nH]c2c1)C1CCCCC1. The largest absolute Gasteiger partial charge is 0.372 e. The van der Waals surface area contributed by atoms with E-state index in [1.54, 1.807) is 0 Å². The van der Waals surface area contributed by atoms with Crippen LogP contribution in [0, 0.1) is 0 Å². The smallest absolute Gasteiger partial charge is 0.121 e. The average molecular weight is 258 g/mol. The van der Waals surface area contributed by atoms with E-state index in [2.05, 4.69) is 40.1 Å². The number of hydrogen-bond donors (Lipinski definition) is 2. The molecule has 0 radical (unpaired) electrons. The molecule has 3 N–H and O–H groups in total. The van der Waals surface area contributed by atoms with Crippen molar-refractivity contribution in [2.45, 2.75) is 44.7 Å². The van der Waals surface area contributed by atoms with Gasteiger partial charge in [-0.25, -0.2) is 4.98 Å². The van der Waals surface area contributed by atoms with Gasteiger partial charge >= 0.3 is 0 Å². The van der Waals surface area contributed by atoms with Gasteiger partial charge in [-0.3, -0.25) is 0 Å². The highest BCUT2D eigenvalue weighted by atomic mass is 15.1. The summed E-state index contributed by atoms with van der Waals surface area (Å²) < 4.78 is 0. The van der Waals surface area contributed by atoms with Crippen molar-refractivity contribution in [3.05, 3.63) is 24.0 Å². The van der Waals surface area contributed by atoms with E-state index in [-0.39, 0.29) is 0 Å². The second-order valence-electron chi connectivity index (χ2n) is 5.49. The Hall–Kier alpha value is -1.55. The van der Waals surface area contributed by atoms with E-state index in [0.717, 1.165) is 16.9 Å². The minimum absolute atomic E-state index is 0.461. The van der Waals surface area contributed by atoms with Crippen LogP contribution < -0.4 is 10.6 Å². The molecule has 0 unspecified atom stereocenters. The van der Waals surface area contributed by atoms with Crippen LogP contribution in [-0.4, -0.2) is 23.1 Å². The van der Waals surface area contributed by atoms with Crippen molar-refractivity contribution in [3.63, 3.8) is 0 Å². The molecule has 0 saturated heterocycles. The average Bonchev–Trinajstić information content (AvgIpc) is 2.89. The van der Waals surface area contributed by atoms with E-state index in [4.69, 9.17) is 5.73 Å². The van der Waals surface area contributed by atoms with Gasteiger partial charge < -0.3 is 15.6 Å². The quantitative estimate of drug-likeness (QED) is 0.890. The third-order valence-corrected chi connectivity index (χ3v) is 4.24. The first-order chi connectivity index (χ1) is 9.28. The lowest BCUT2D eigenvalue weighted by molar-refractivity contribution is 0.427. The van der Waals surface area contributed by atoms with E-state index in [1.807, 2.05) is 0 Å². The van der Waals surface area contributed by atoms with Crippen LogP contribution in [0.3, 0.4) is 0 Å². The number of nitrogens with zero attached hydrogens (tertiary/aromatic N) is 2. The molecule has 102 valence electrons. The summed E-state index contributed by atoms with van der Waals surface area (Å²) in [6.45, 7) is 0.461. The summed E-state index contributed by atoms with van der Waals surface area (Å²) >= 11 is 0. The van der Waals surface area contributed by atoms with Crippen LogP contribution in [0.1, 0.15) is 37.9 Å². The van der Waals surface area contributed by atoms with Gasteiger partial charge in [-0.1, -0.05) is 19.3 Å². The lowest BCUT2D eigenvalue weighted by Crippen LogP contribution is -2.33. The number of benzene rings is 1. The van der Waals surface area contributed by atoms with Crippen molar-refractivity contribution in [1.29, 1.82) is 0 Å². The highest BCUT2D eigenvalue weighted by Gasteiger charge is 2.18. The van der Waals surface area contributed by atoms with Crippen LogP contribution >= 0.6 is 0 Å². The minimum Gasteiger partial charge on any atom is -0.372 e. The van der Waals surface area contributed by atoms with Crippen molar-refractivity contribution >= 4 is 16.7 Å². The highest BCUT2D eigenvalue weighted by Crippen LogP contribution is 2.27. The molecular formula is C15H22N4. The van der Waals surface area contributed by atoms with E-state index in [9.17, 15) is 0 Å². The standard InChI is InChI=1S/C15H22N4/c1-19(11-5-3-2-4-6-11)12-7-8-13-14(9-12)18-15(10-16)17-13/h7-9,11H,2-6,10,16H2,1H3,(H,17,18). The van der Waals surface area contributed by atoms with Gasteiger partial charge in [-0.15, -0.1) is 0 Å². The fourth-order valence-electron chi connectivity index (χ4n) is 3.05. The van der Waals surface area contributed by atoms with Gasteiger partial charge in [0.1, 0.15) is 5.82 Å². The number of nitrogens with one attached hydrogen (secondary N) is 1. The minimum atomic E-state index is 0.461. The predicted octanol–water partition coefficient (Wildman–Crippen LogP) is 2.79. The van der Waals surface area contributed by atoms with Crippen molar-refractivity contribution in [2.75, 3.05) is 11.9 Å². The van der Waals surface area contributed by atoms with E-state index in [0.29, 0.717) is 12.6 Å². The molecule has 1 aromatic heterocycles. The monoisotopic (exact) mass is 258 g/mol. The van der Waals surface area contributed by atoms with Gasteiger partial charge in [-0.05, 0) is 31.0 Å². The molecule has 3 rings (SSSR count). The Morgan fingerprint density at radius 3 is 2.84 bits per heavy atom. The number of aromatic nitrogens is 2. The number of H-pyrrole nitrogens is 1. The maximum Gasteiger partial charge on any atom is 0.121 e. The number of anilines is 1. The van der Waals surface area contributed by atoms with E-state index >= 15 is 0 Å². The number of aromatic amines is 1. The molecule has 0 amide bonds. The number of nitrogens with two attached hydrogens (primary N) is 1. The van der Waals surface area contributed by atoms with Gasteiger partial charge in [-0.2, -0.15) is 0 Å². The highest BCUT2D eigenvalue weighted by molar-refractivity contribution is 5.79. The molecular weight excluding hydrogens is 236 g/mol. The molecule has 1 saturated carbocycles. The third-order valence-electron chi connectivity index (χ3n) is 4.24. The molecule has 2 aromatic rings. The number of fused-ring (bicyclic) bond motifs is 1. The molecule has 4 heteroatoms. The maximum absolute atomic E-state index is 5.62. The van der Waals surface area contributed by atoms with Crippen LogP contribution in [-0.2, 0) is 6.54 Å². The Bertz CT molecular complexity index is 554. The van der Waals surface area contributed by atoms with Crippen molar-refractivity contribution < 1.29 is 0 Å². The summed E-state index contributed by atoms with van der Waals surface area (Å²) in [6, 6.07) is 7.12. The number of hydrogen-bond acceptors (Lipinski definition) is 3. The van der Waals surface area contributed by atoms with Gasteiger partial charge in [0.05, 0.1) is 17.6 Å². The summed E-state index contributed by atoms with van der Waals surface area (Å²) in [5.74, 6) is 0.854. The fourth-order valence-corrected chi connectivity index (χ4v) is 3.05. The second kappa shape index (κ2) is 5.21. The van der Waals surface area contributed by atoms with Crippen molar-refractivity contribution in [3.8, 4) is 0 Å². The first kappa shape index (κ1) is 12.5. The molecule has 0 aliphatic heterocycles. The zero-order chi connectivity index (χ0) is 13.2. The molecule has 1 fully saturated rings. The van der Waals surface area contributed by atoms with Gasteiger partial charge in [0.25, 0.3) is 0 Å². The summed E-state index contributed by atoms with van der Waals surface area (Å²) in [5.41, 5.74) is 8.98. The maximum atomic E-state index is 5.62. The Balaban J connectivity index is 1.86. The molecule has 4 nitrogen and oxygen atoms in total. The van der Waals surface area contributed by atoms with Crippen LogP contribution in [0.5, 0.6) is 0 Å². The first-order valence-electron chi connectivity index (χ1n) is 7.19. The van der Waals surface area contributed by atoms with Crippen LogP contribution in [0.15, 0.2) is 18.2 Å². The predicted molar refractivity (Wildman–Crippen MR) is 79.3 cm³/mol. The molecule has 1 heterocycles. The Kier molecular flexibility index (Phi) is 3.42. The zero-order valence-electron chi connectivity index (χ0n) is 11.5. The Labute approximate surface area is 114 Å². The molecule has 19 heavy (non-hydrogen) atoms. The normalized spacial score (nSPS) is 16.9. The Morgan fingerprint density at radius 2 is 2.11 bits per heavy atom. The molecule has 1 aliphatic rings. The summed E-state index contributed by atoms with van der Waals surface area (Å²) in [7, 11) is 2.21. The molecule has 0 bridgehead atoms. The van der Waals surface area contributed by atoms with Crippen molar-refractivity contribution in [1.82, 2.24) is 9.97 Å². The lowest BCUT2D eigenvalue weighted by Gasteiger charge is -2.33. The topological polar surface area (TPSA) is 57.9 Å². The lowest BCUT2D eigenvalue weighted by atomic mass is 9.94.